The number of quaternary nitrogens is 1. The second-order valence-electron chi connectivity index (χ2n) is 1.85. The van der Waals surface area contributed by atoms with Crippen LogP contribution in [-0.2, 0) is 0 Å². The highest BCUT2D eigenvalue weighted by molar-refractivity contribution is 6.06. The van der Waals surface area contributed by atoms with Crippen molar-refractivity contribution in [2.24, 2.45) is 0 Å². The maximum absolute atomic E-state index is 5.47. The van der Waals surface area contributed by atoms with Gasteiger partial charge < -0.3 is 6.15 Å². The lowest BCUT2D eigenvalue weighted by atomic mass is 11.0. The molecule has 0 aromatic heterocycles. The Morgan fingerprint density at radius 3 is 1.17 bits per heavy atom. The van der Waals surface area contributed by atoms with Crippen LogP contribution in [0.4, 0.5) is 0 Å². The Labute approximate surface area is 44.0 Å². The van der Waals surface area contributed by atoms with Crippen molar-refractivity contribution in [3.05, 3.63) is 0 Å². The quantitative estimate of drug-likeness (QED) is 0.466. The summed E-state index contributed by atoms with van der Waals surface area (Å²) < 4.78 is 0.472. The zero-order valence-corrected chi connectivity index (χ0v) is 5.29. The molecule has 6 heavy (non-hydrogen) atoms. The summed E-state index contributed by atoms with van der Waals surface area (Å²) in [6, 6.07) is 0. The third kappa shape index (κ3) is 984. The highest BCUT2D eigenvalue weighted by atomic mass is 35.5. The Morgan fingerprint density at radius 2 is 1.17 bits per heavy atom. The summed E-state index contributed by atoms with van der Waals surface area (Å²) in [5, 5.41) is 0. The Hall–Kier alpha value is 0.210. The summed E-state index contributed by atoms with van der Waals surface area (Å²) in [7, 11) is 5.67. The fraction of sp³-hybridized carbons (Fsp3) is 1.00. The van der Waals surface area contributed by atoms with Crippen LogP contribution in [0, 0.1) is 0 Å². The van der Waals surface area contributed by atoms with Gasteiger partial charge >= 0.3 is 0 Å². The van der Waals surface area contributed by atoms with Crippen LogP contribution >= 0.6 is 11.8 Å². The topological polar surface area (TPSA) is 35.0 Å². The normalized spacial score (nSPS) is 10.0. The summed E-state index contributed by atoms with van der Waals surface area (Å²) in [5.41, 5.74) is 0. The fourth-order valence-corrected chi connectivity index (χ4v) is 0. The van der Waals surface area contributed by atoms with Crippen molar-refractivity contribution in [2.75, 3.05) is 21.1 Å². The molecule has 3 N–H and O–H groups in total. The lowest BCUT2D eigenvalue weighted by molar-refractivity contribution is -0.747. The first-order valence-corrected chi connectivity index (χ1v) is 1.85. The predicted octanol–water partition coefficient (Wildman–Crippen LogP) is 1.01. The van der Waals surface area contributed by atoms with Gasteiger partial charge in [-0.3, -0.25) is 0 Å². The van der Waals surface area contributed by atoms with Gasteiger partial charge in [-0.2, -0.15) is 0 Å². The highest BCUT2D eigenvalue weighted by Crippen LogP contribution is 1.91. The van der Waals surface area contributed by atoms with Gasteiger partial charge in [-0.1, -0.05) is 0 Å². The van der Waals surface area contributed by atoms with Gasteiger partial charge in [0.05, 0.1) is 21.1 Å². The summed E-state index contributed by atoms with van der Waals surface area (Å²) in [6.07, 6.45) is 0. The van der Waals surface area contributed by atoms with Crippen LogP contribution in [0.1, 0.15) is 0 Å². The summed E-state index contributed by atoms with van der Waals surface area (Å²) in [5.74, 6) is 0. The minimum Gasteiger partial charge on any atom is -0.344 e. The predicted molar refractivity (Wildman–Crippen MR) is 28.9 cm³/mol. The Morgan fingerprint density at radius 1 is 1.17 bits per heavy atom. The van der Waals surface area contributed by atoms with E-state index < -0.39 is 0 Å². The lowest BCUT2D eigenvalue weighted by Gasteiger charge is -2.07. The monoisotopic (exact) mass is 111 g/mol. The molecule has 0 saturated carbocycles. The van der Waals surface area contributed by atoms with Crippen LogP contribution in [0.5, 0.6) is 0 Å². The van der Waals surface area contributed by atoms with Gasteiger partial charge in [0.25, 0.3) is 0 Å². The zero-order chi connectivity index (χ0) is 4.50. The largest absolute Gasteiger partial charge is 0.344 e. The molecular weight excluding hydrogens is 99.5 g/mol. The Balaban J connectivity index is 0. The average Bonchev–Trinajstić information content (AvgIpc) is 0.722. The number of halogens is 1. The first kappa shape index (κ1) is 9.51. The SMILES string of the molecule is C[N+](C)(C)Cl.N. The molecule has 0 spiro atoms. The Bertz CT molecular complexity index is 24.3. The van der Waals surface area contributed by atoms with Crippen LogP contribution in [0.25, 0.3) is 0 Å². The van der Waals surface area contributed by atoms with E-state index in [1.165, 1.54) is 0 Å². The van der Waals surface area contributed by atoms with E-state index in [0.717, 1.165) is 0 Å². The van der Waals surface area contributed by atoms with E-state index in [-0.39, 0.29) is 6.15 Å². The molecular formula is C3H12ClN2+. The minimum absolute atomic E-state index is 0. The van der Waals surface area contributed by atoms with E-state index in [1.807, 2.05) is 21.1 Å². The molecule has 0 unspecified atom stereocenters. The van der Waals surface area contributed by atoms with Crippen LogP contribution in [-0.4, -0.2) is 25.1 Å². The molecule has 0 aromatic carbocycles. The first-order valence-electron chi connectivity index (χ1n) is 1.51. The third-order valence-corrected chi connectivity index (χ3v) is 0. The van der Waals surface area contributed by atoms with E-state index >= 15 is 0 Å². The van der Waals surface area contributed by atoms with Crippen molar-refractivity contribution in [1.82, 2.24) is 6.15 Å². The second kappa shape index (κ2) is 2.39. The summed E-state index contributed by atoms with van der Waals surface area (Å²) in [4.78, 5) is 0. The van der Waals surface area contributed by atoms with Crippen LogP contribution in [0.15, 0.2) is 0 Å². The second-order valence-corrected chi connectivity index (χ2v) is 2.86. The van der Waals surface area contributed by atoms with Gasteiger partial charge in [-0.05, 0) is 0 Å². The van der Waals surface area contributed by atoms with E-state index in [0.29, 0.717) is 4.00 Å². The van der Waals surface area contributed by atoms with E-state index in [9.17, 15) is 0 Å². The van der Waals surface area contributed by atoms with Crippen LogP contribution < -0.4 is 6.15 Å². The number of rotatable bonds is 0. The summed E-state index contributed by atoms with van der Waals surface area (Å²) >= 11 is 5.47. The van der Waals surface area contributed by atoms with Gasteiger partial charge in [-0.25, -0.2) is 4.00 Å². The molecule has 0 atom stereocenters. The molecule has 0 radical (unpaired) electrons. The first-order chi connectivity index (χ1) is 2.00. The van der Waals surface area contributed by atoms with E-state index in [1.54, 1.807) is 0 Å². The molecule has 0 aliphatic rings. The molecule has 40 valence electrons. The van der Waals surface area contributed by atoms with Crippen LogP contribution in [0.2, 0.25) is 0 Å². The molecule has 2 nitrogen and oxygen atoms in total. The van der Waals surface area contributed by atoms with Gasteiger partial charge in [0, 0.05) is 0 Å². The maximum atomic E-state index is 5.47. The Kier molecular flexibility index (Phi) is 3.80. The van der Waals surface area contributed by atoms with Crippen molar-refractivity contribution in [3.8, 4) is 0 Å². The number of hydrogen-bond acceptors (Lipinski definition) is 1. The molecule has 0 aliphatic carbocycles. The van der Waals surface area contributed by atoms with Crippen molar-refractivity contribution in [1.29, 1.82) is 0 Å². The minimum atomic E-state index is 0. The lowest BCUT2D eigenvalue weighted by Crippen LogP contribution is -2.19. The van der Waals surface area contributed by atoms with E-state index in [4.69, 9.17) is 11.8 Å². The van der Waals surface area contributed by atoms with Gasteiger partial charge in [0.1, 0.15) is 0 Å². The number of hydrogen-bond donors (Lipinski definition) is 1. The maximum Gasteiger partial charge on any atom is 0.164 e. The van der Waals surface area contributed by atoms with Crippen molar-refractivity contribution >= 4 is 11.8 Å². The fourth-order valence-electron chi connectivity index (χ4n) is 0. The van der Waals surface area contributed by atoms with Crippen LogP contribution in [0.3, 0.4) is 0 Å². The standard InChI is InChI=1S/C3H9ClN.H3N/c1-5(2,3)4;/h1-3H3;1H3/q+1;. The van der Waals surface area contributed by atoms with Gasteiger partial charge in [0.15, 0.2) is 11.8 Å². The third-order valence-electron chi connectivity index (χ3n) is 0. The molecule has 0 heterocycles. The van der Waals surface area contributed by atoms with E-state index in [2.05, 4.69) is 0 Å². The molecule has 0 amide bonds. The van der Waals surface area contributed by atoms with Crippen molar-refractivity contribution in [3.63, 3.8) is 0 Å². The molecule has 0 rings (SSSR count). The van der Waals surface area contributed by atoms with Gasteiger partial charge in [0.2, 0.25) is 0 Å². The molecule has 0 saturated heterocycles. The number of nitrogens with zero attached hydrogens (tertiary/aromatic N) is 1. The molecule has 0 fully saturated rings. The molecule has 0 bridgehead atoms. The smallest absolute Gasteiger partial charge is 0.164 e. The molecule has 0 aliphatic heterocycles. The van der Waals surface area contributed by atoms with Gasteiger partial charge in [-0.15, -0.1) is 0 Å². The van der Waals surface area contributed by atoms with Crippen molar-refractivity contribution in [2.45, 2.75) is 0 Å². The molecule has 0 aromatic rings. The highest BCUT2D eigenvalue weighted by Gasteiger charge is 1.95. The van der Waals surface area contributed by atoms with Crippen molar-refractivity contribution < 1.29 is 4.00 Å². The molecule has 3 heteroatoms. The average molecular weight is 112 g/mol. The summed E-state index contributed by atoms with van der Waals surface area (Å²) in [6.45, 7) is 0. The zero-order valence-electron chi connectivity index (χ0n) is 4.53.